The van der Waals surface area contributed by atoms with E-state index in [0.29, 0.717) is 18.7 Å². The number of carbonyl (C=O) groups excluding carboxylic acids is 1. The van der Waals surface area contributed by atoms with Gasteiger partial charge in [-0.3, -0.25) is 4.79 Å². The number of hydrogen-bond donors (Lipinski definition) is 1. The summed E-state index contributed by atoms with van der Waals surface area (Å²) in [5.41, 5.74) is 0.765. The number of ether oxygens (including phenoxy) is 1. The Hall–Kier alpha value is -2.14. The highest BCUT2D eigenvalue weighted by atomic mass is 31.2. The van der Waals surface area contributed by atoms with Gasteiger partial charge < -0.3 is 14.2 Å². The maximum Gasteiger partial charge on any atom is 0.459 e. The quantitative estimate of drug-likeness (QED) is 0.595. The summed E-state index contributed by atoms with van der Waals surface area (Å²) in [7, 11) is -2.81. The van der Waals surface area contributed by atoms with E-state index < -0.39 is 25.7 Å². The summed E-state index contributed by atoms with van der Waals surface area (Å²) in [5, 5.41) is 0. The number of benzene rings is 2. The average molecular weight is 389 g/mol. The molecule has 1 fully saturated rings. The second kappa shape index (κ2) is 8.70. The molecule has 0 amide bonds. The van der Waals surface area contributed by atoms with Crippen molar-refractivity contribution in [3.63, 3.8) is 0 Å². The van der Waals surface area contributed by atoms with Crippen molar-refractivity contribution in [3.05, 3.63) is 66.2 Å². The minimum Gasteiger partial charge on any atom is -0.469 e. The van der Waals surface area contributed by atoms with Crippen molar-refractivity contribution in [2.24, 2.45) is 0 Å². The van der Waals surface area contributed by atoms with Crippen molar-refractivity contribution in [1.29, 1.82) is 0 Å². The zero-order chi connectivity index (χ0) is 19.3. The molecule has 2 aromatic rings. The van der Waals surface area contributed by atoms with Crippen LogP contribution in [0.15, 0.2) is 60.7 Å². The van der Waals surface area contributed by atoms with E-state index >= 15 is 0 Å². The van der Waals surface area contributed by atoms with E-state index in [1.807, 2.05) is 36.4 Å². The lowest BCUT2D eigenvalue weighted by atomic mass is 9.86. The van der Waals surface area contributed by atoms with Gasteiger partial charge in [0, 0.05) is 12.6 Å². The van der Waals surface area contributed by atoms with Gasteiger partial charge in [0.25, 0.3) is 0 Å². The highest BCUT2D eigenvalue weighted by molar-refractivity contribution is 7.50. The summed E-state index contributed by atoms with van der Waals surface area (Å²) in [4.78, 5) is 23.3. The summed E-state index contributed by atoms with van der Waals surface area (Å²) >= 11 is 0. The molecule has 0 bridgehead atoms. The van der Waals surface area contributed by atoms with Crippen molar-refractivity contribution in [2.45, 2.75) is 31.2 Å². The second-order valence-electron chi connectivity index (χ2n) is 6.53. The first kappa shape index (κ1) is 19.6. The zero-order valence-corrected chi connectivity index (χ0v) is 16.1. The Bertz CT molecular complexity index is 799. The van der Waals surface area contributed by atoms with Crippen LogP contribution in [0.3, 0.4) is 0 Å². The maximum absolute atomic E-state index is 13.1. The van der Waals surface area contributed by atoms with E-state index in [4.69, 9.17) is 9.26 Å². The minimum atomic E-state index is -4.14. The average Bonchev–Trinajstić information content (AvgIpc) is 2.69. The molecule has 1 N–H and O–H groups in total. The number of nitrogens with zero attached hydrogens (tertiary/aromatic N) is 1. The molecule has 0 aliphatic carbocycles. The Labute approximate surface area is 159 Å². The van der Waals surface area contributed by atoms with Crippen LogP contribution in [0.2, 0.25) is 0 Å². The van der Waals surface area contributed by atoms with Crippen LogP contribution < -0.4 is 4.52 Å². The molecule has 1 saturated heterocycles. The Balaban J connectivity index is 1.93. The van der Waals surface area contributed by atoms with Gasteiger partial charge in [-0.15, -0.1) is 0 Å². The van der Waals surface area contributed by atoms with Crippen molar-refractivity contribution in [3.8, 4) is 5.75 Å². The molecule has 7 heteroatoms. The monoisotopic (exact) mass is 389 g/mol. The first-order valence-electron chi connectivity index (χ1n) is 9.00. The molecule has 144 valence electrons. The van der Waals surface area contributed by atoms with Crippen LogP contribution >= 0.6 is 7.75 Å². The van der Waals surface area contributed by atoms with E-state index in [1.54, 1.807) is 24.3 Å². The van der Waals surface area contributed by atoms with Crippen LogP contribution in [0, 0.1) is 0 Å². The first-order valence-corrected chi connectivity index (χ1v) is 10.5. The number of piperidine rings is 1. The third kappa shape index (κ3) is 4.59. The summed E-state index contributed by atoms with van der Waals surface area (Å²) in [6.45, 7) is 0.381. The van der Waals surface area contributed by atoms with Crippen molar-refractivity contribution >= 4 is 13.7 Å². The van der Waals surface area contributed by atoms with Gasteiger partial charge in [0.05, 0.1) is 13.0 Å². The summed E-state index contributed by atoms with van der Waals surface area (Å²) in [6.07, 6.45) is 2.24. The summed E-state index contributed by atoms with van der Waals surface area (Å²) in [5.74, 6) is -0.754. The largest absolute Gasteiger partial charge is 0.469 e. The highest BCUT2D eigenvalue weighted by Crippen LogP contribution is 2.52. The number of methoxy groups -OCH3 is 1. The predicted octanol–water partition coefficient (Wildman–Crippen LogP) is 3.98. The molecule has 0 aromatic heterocycles. The van der Waals surface area contributed by atoms with Gasteiger partial charge in [0.1, 0.15) is 5.75 Å². The van der Waals surface area contributed by atoms with Crippen molar-refractivity contribution < 1.29 is 23.5 Å². The lowest BCUT2D eigenvalue weighted by molar-refractivity contribution is -0.144. The fourth-order valence-electron chi connectivity index (χ4n) is 3.57. The van der Waals surface area contributed by atoms with Crippen LogP contribution in [-0.4, -0.2) is 35.2 Å². The highest BCUT2D eigenvalue weighted by Gasteiger charge is 2.45. The van der Waals surface area contributed by atoms with Crippen LogP contribution in [-0.2, 0) is 14.1 Å². The smallest absolute Gasteiger partial charge is 0.459 e. The molecule has 0 radical (unpaired) electrons. The standard InChI is InChI=1S/C20H24NO5P/c1-25-20(22)19(16-10-4-2-5-11-16)18-14-8-9-15-21(18)27(23,24)26-17-12-6-3-7-13-17/h2-7,10-13,18-19H,8-9,14-15H2,1H3,(H,23,24). The van der Waals surface area contributed by atoms with Crippen LogP contribution in [0.1, 0.15) is 30.7 Å². The molecule has 0 spiro atoms. The Morgan fingerprint density at radius 2 is 1.74 bits per heavy atom. The zero-order valence-electron chi connectivity index (χ0n) is 15.2. The molecule has 0 saturated carbocycles. The van der Waals surface area contributed by atoms with E-state index in [2.05, 4.69) is 0 Å². The molecular formula is C20H24NO5P. The third-order valence-corrected chi connectivity index (χ3v) is 6.41. The third-order valence-electron chi connectivity index (χ3n) is 4.81. The fourth-order valence-corrected chi connectivity index (χ4v) is 5.09. The van der Waals surface area contributed by atoms with E-state index in [1.165, 1.54) is 11.8 Å². The summed E-state index contributed by atoms with van der Waals surface area (Å²) < 4.78 is 25.0. The lowest BCUT2D eigenvalue weighted by Gasteiger charge is -2.40. The van der Waals surface area contributed by atoms with Gasteiger partial charge in [0.2, 0.25) is 0 Å². The molecule has 1 aliphatic rings. The van der Waals surface area contributed by atoms with Crippen LogP contribution in [0.25, 0.3) is 0 Å². The topological polar surface area (TPSA) is 76.1 Å². The minimum absolute atomic E-state index is 0.321. The molecule has 3 rings (SSSR count). The molecule has 3 atom stereocenters. The molecule has 3 unspecified atom stereocenters. The number of para-hydroxylation sites is 1. The van der Waals surface area contributed by atoms with Crippen molar-refractivity contribution in [1.82, 2.24) is 4.67 Å². The van der Waals surface area contributed by atoms with Gasteiger partial charge in [-0.05, 0) is 30.5 Å². The Kier molecular flexibility index (Phi) is 6.32. The molecule has 1 heterocycles. The molecule has 1 aliphatic heterocycles. The summed E-state index contributed by atoms with van der Waals surface area (Å²) in [6, 6.07) is 17.3. The second-order valence-corrected chi connectivity index (χ2v) is 8.21. The maximum atomic E-state index is 13.1. The van der Waals surface area contributed by atoms with Crippen LogP contribution in [0.4, 0.5) is 0 Å². The number of esters is 1. The van der Waals surface area contributed by atoms with E-state index in [-0.39, 0.29) is 0 Å². The number of rotatable bonds is 6. The van der Waals surface area contributed by atoms with E-state index in [0.717, 1.165) is 18.4 Å². The fraction of sp³-hybridized carbons (Fsp3) is 0.350. The molecule has 27 heavy (non-hydrogen) atoms. The predicted molar refractivity (Wildman–Crippen MR) is 102 cm³/mol. The normalized spacial score (nSPS) is 21.0. The molecule has 2 aromatic carbocycles. The van der Waals surface area contributed by atoms with Crippen LogP contribution in [0.5, 0.6) is 5.75 Å². The molecular weight excluding hydrogens is 365 g/mol. The SMILES string of the molecule is COC(=O)C(c1ccccc1)C1CCCCN1P(=O)(O)Oc1ccccc1. The Morgan fingerprint density at radius 3 is 2.37 bits per heavy atom. The Morgan fingerprint density at radius 1 is 1.11 bits per heavy atom. The number of carbonyl (C=O) groups is 1. The van der Waals surface area contributed by atoms with Gasteiger partial charge in [-0.25, -0.2) is 4.57 Å². The lowest BCUT2D eigenvalue weighted by Crippen LogP contribution is -2.44. The number of hydrogen-bond acceptors (Lipinski definition) is 4. The van der Waals surface area contributed by atoms with E-state index in [9.17, 15) is 14.3 Å². The van der Waals surface area contributed by atoms with Gasteiger partial charge in [-0.1, -0.05) is 55.0 Å². The molecule has 6 nitrogen and oxygen atoms in total. The van der Waals surface area contributed by atoms with Gasteiger partial charge in [0.15, 0.2) is 0 Å². The van der Waals surface area contributed by atoms with Gasteiger partial charge >= 0.3 is 13.7 Å². The first-order chi connectivity index (χ1) is 13.0. The van der Waals surface area contributed by atoms with Crippen molar-refractivity contribution in [2.75, 3.05) is 13.7 Å². The van der Waals surface area contributed by atoms with Gasteiger partial charge in [-0.2, -0.15) is 4.67 Å².